The van der Waals surface area contributed by atoms with Crippen molar-refractivity contribution in [2.45, 2.75) is 45.6 Å². The van der Waals surface area contributed by atoms with Crippen LogP contribution in [0.3, 0.4) is 0 Å². The predicted octanol–water partition coefficient (Wildman–Crippen LogP) is 5.10. The van der Waals surface area contributed by atoms with Crippen molar-refractivity contribution < 1.29 is 4.79 Å². The first kappa shape index (κ1) is 21.6. The van der Waals surface area contributed by atoms with Gasteiger partial charge >= 0.3 is 0 Å². The molecule has 2 saturated heterocycles. The largest absolute Gasteiger partial charge is 0.371 e. The molecule has 31 heavy (non-hydrogen) atoms. The van der Waals surface area contributed by atoms with Crippen LogP contribution in [0.1, 0.15) is 51.1 Å². The molecule has 0 saturated carbocycles. The van der Waals surface area contributed by atoms with Gasteiger partial charge in [0, 0.05) is 43.1 Å². The van der Waals surface area contributed by atoms with Crippen LogP contribution in [0, 0.1) is 5.92 Å². The monoisotopic (exact) mass is 436 g/mol. The van der Waals surface area contributed by atoms with Gasteiger partial charge in [-0.15, -0.1) is 0 Å². The molecule has 2 heterocycles. The summed E-state index contributed by atoms with van der Waals surface area (Å²) in [5.41, 5.74) is 4.31. The Bertz CT molecular complexity index is 929. The topological polar surface area (TPSA) is 47.6 Å². The fourth-order valence-corrected chi connectivity index (χ4v) is 4.81. The second-order valence-electron chi connectivity index (χ2n) is 8.80. The molecule has 0 unspecified atom stereocenters. The standard InChI is InChI=1S/C25H32N4OS/c1-18-6-4-14-28(17-18)22-12-10-20(11-13-22)19(2)26-25(31)27-21-7-3-8-23(16-21)29-15-5-9-24(29)30/h3,7-8,10-13,16,18-19H,4-6,9,14-15,17H2,1-2H3,(H2,26,27,31)/t18-,19-/m1/s1. The van der Waals surface area contributed by atoms with Gasteiger partial charge in [0.2, 0.25) is 5.91 Å². The van der Waals surface area contributed by atoms with E-state index in [1.807, 2.05) is 29.2 Å². The van der Waals surface area contributed by atoms with Gasteiger partial charge < -0.3 is 20.4 Å². The number of benzene rings is 2. The molecular weight excluding hydrogens is 404 g/mol. The average Bonchev–Trinajstić information content (AvgIpc) is 3.20. The van der Waals surface area contributed by atoms with Crippen molar-refractivity contribution in [1.29, 1.82) is 0 Å². The van der Waals surface area contributed by atoms with Crippen LogP contribution in [-0.2, 0) is 4.79 Å². The van der Waals surface area contributed by atoms with Crippen LogP contribution in [0.15, 0.2) is 48.5 Å². The summed E-state index contributed by atoms with van der Waals surface area (Å²) in [5, 5.41) is 7.21. The molecule has 2 atom stereocenters. The normalized spacial score (nSPS) is 19.9. The molecule has 0 bridgehead atoms. The molecule has 1 amide bonds. The zero-order chi connectivity index (χ0) is 21.8. The maximum atomic E-state index is 12.0. The van der Waals surface area contributed by atoms with E-state index in [0.29, 0.717) is 11.5 Å². The number of amides is 1. The van der Waals surface area contributed by atoms with Crippen LogP contribution in [0.25, 0.3) is 0 Å². The summed E-state index contributed by atoms with van der Waals surface area (Å²) >= 11 is 5.54. The van der Waals surface area contributed by atoms with E-state index in [1.165, 1.54) is 24.1 Å². The second-order valence-corrected chi connectivity index (χ2v) is 9.21. The van der Waals surface area contributed by atoms with Gasteiger partial charge in [-0.3, -0.25) is 4.79 Å². The second kappa shape index (κ2) is 9.69. The van der Waals surface area contributed by atoms with E-state index in [0.717, 1.165) is 43.3 Å². The molecule has 164 valence electrons. The van der Waals surface area contributed by atoms with E-state index in [1.54, 1.807) is 0 Å². The van der Waals surface area contributed by atoms with Crippen LogP contribution in [0.4, 0.5) is 17.1 Å². The molecule has 5 nitrogen and oxygen atoms in total. The molecule has 2 fully saturated rings. The molecule has 2 N–H and O–H groups in total. The van der Waals surface area contributed by atoms with Gasteiger partial charge in [-0.25, -0.2) is 0 Å². The Balaban J connectivity index is 1.34. The number of thiocarbonyl (C=S) groups is 1. The molecule has 2 aromatic carbocycles. The van der Waals surface area contributed by atoms with Crippen molar-refractivity contribution in [1.82, 2.24) is 5.32 Å². The van der Waals surface area contributed by atoms with Gasteiger partial charge in [0.25, 0.3) is 0 Å². The summed E-state index contributed by atoms with van der Waals surface area (Å²) in [6.07, 6.45) is 4.15. The Kier molecular flexibility index (Phi) is 6.76. The van der Waals surface area contributed by atoms with E-state index >= 15 is 0 Å². The van der Waals surface area contributed by atoms with Gasteiger partial charge in [-0.05, 0) is 80.2 Å². The highest BCUT2D eigenvalue weighted by Crippen LogP contribution is 2.26. The number of rotatable bonds is 5. The van der Waals surface area contributed by atoms with Gasteiger partial charge in [-0.2, -0.15) is 0 Å². The Morgan fingerprint density at radius 2 is 1.90 bits per heavy atom. The number of anilines is 3. The lowest BCUT2D eigenvalue weighted by atomic mass is 9.99. The number of nitrogens with one attached hydrogen (secondary N) is 2. The molecule has 2 aromatic rings. The minimum Gasteiger partial charge on any atom is -0.371 e. The maximum absolute atomic E-state index is 12.0. The number of carbonyl (C=O) groups is 1. The highest BCUT2D eigenvalue weighted by atomic mass is 32.1. The minimum atomic E-state index is 0.0951. The quantitative estimate of drug-likeness (QED) is 0.639. The first-order valence-electron chi connectivity index (χ1n) is 11.3. The van der Waals surface area contributed by atoms with Gasteiger partial charge in [0.1, 0.15) is 0 Å². The van der Waals surface area contributed by atoms with Crippen molar-refractivity contribution in [3.8, 4) is 0 Å². The number of carbonyl (C=O) groups excluding carboxylic acids is 1. The highest BCUT2D eigenvalue weighted by Gasteiger charge is 2.22. The molecule has 2 aliphatic heterocycles. The van der Waals surface area contributed by atoms with Crippen LogP contribution in [-0.4, -0.2) is 30.7 Å². The van der Waals surface area contributed by atoms with Crippen LogP contribution < -0.4 is 20.4 Å². The number of hydrogen-bond donors (Lipinski definition) is 2. The molecule has 4 rings (SSSR count). The lowest BCUT2D eigenvalue weighted by molar-refractivity contribution is -0.117. The number of hydrogen-bond acceptors (Lipinski definition) is 3. The van der Waals surface area contributed by atoms with Crippen LogP contribution in [0.2, 0.25) is 0 Å². The fraction of sp³-hybridized carbons (Fsp3) is 0.440. The summed E-state index contributed by atoms with van der Waals surface area (Å²) in [4.78, 5) is 16.3. The third kappa shape index (κ3) is 5.37. The molecule has 6 heteroatoms. The Labute approximate surface area is 190 Å². The van der Waals surface area contributed by atoms with Crippen molar-refractivity contribution >= 4 is 40.3 Å². The zero-order valence-corrected chi connectivity index (χ0v) is 19.3. The van der Waals surface area contributed by atoms with E-state index in [-0.39, 0.29) is 11.9 Å². The summed E-state index contributed by atoms with van der Waals surface area (Å²) in [7, 11) is 0. The Hall–Kier alpha value is -2.60. The van der Waals surface area contributed by atoms with Gasteiger partial charge in [0.05, 0.1) is 6.04 Å². The molecule has 0 radical (unpaired) electrons. The molecule has 0 aliphatic carbocycles. The van der Waals surface area contributed by atoms with Crippen molar-refractivity contribution in [2.75, 3.05) is 34.8 Å². The summed E-state index contributed by atoms with van der Waals surface area (Å²) < 4.78 is 0. The smallest absolute Gasteiger partial charge is 0.227 e. The van der Waals surface area contributed by atoms with Gasteiger partial charge in [0.15, 0.2) is 5.11 Å². The summed E-state index contributed by atoms with van der Waals surface area (Å²) in [6.45, 7) is 7.52. The van der Waals surface area contributed by atoms with Crippen molar-refractivity contribution in [3.63, 3.8) is 0 Å². The van der Waals surface area contributed by atoms with E-state index in [4.69, 9.17) is 12.2 Å². The van der Waals surface area contributed by atoms with E-state index < -0.39 is 0 Å². The fourth-order valence-electron chi connectivity index (χ4n) is 4.52. The number of nitrogens with zero attached hydrogens (tertiary/aromatic N) is 2. The third-order valence-corrected chi connectivity index (χ3v) is 6.47. The first-order valence-corrected chi connectivity index (χ1v) is 11.7. The Morgan fingerprint density at radius 1 is 1.10 bits per heavy atom. The first-order chi connectivity index (χ1) is 15.0. The maximum Gasteiger partial charge on any atom is 0.227 e. The Morgan fingerprint density at radius 3 is 2.61 bits per heavy atom. The summed E-state index contributed by atoms with van der Waals surface area (Å²) in [5.74, 6) is 0.952. The lowest BCUT2D eigenvalue weighted by Crippen LogP contribution is -2.34. The molecule has 2 aliphatic rings. The van der Waals surface area contributed by atoms with Crippen molar-refractivity contribution in [2.24, 2.45) is 5.92 Å². The van der Waals surface area contributed by atoms with Gasteiger partial charge in [-0.1, -0.05) is 25.1 Å². The molecular formula is C25H32N4OS. The van der Waals surface area contributed by atoms with Crippen LogP contribution in [0.5, 0.6) is 0 Å². The third-order valence-electron chi connectivity index (χ3n) is 6.25. The minimum absolute atomic E-state index is 0.0951. The zero-order valence-electron chi connectivity index (χ0n) is 18.4. The molecule has 0 spiro atoms. The number of piperidine rings is 1. The SMILES string of the molecule is C[C@@H]1CCCN(c2ccc([C@@H](C)NC(=S)Nc3cccc(N4CCCC4=O)c3)cc2)C1. The molecule has 0 aromatic heterocycles. The predicted molar refractivity (Wildman–Crippen MR) is 133 cm³/mol. The van der Waals surface area contributed by atoms with Crippen LogP contribution >= 0.6 is 12.2 Å². The summed E-state index contributed by atoms with van der Waals surface area (Å²) in [6, 6.07) is 16.8. The lowest BCUT2D eigenvalue weighted by Gasteiger charge is -2.33. The van der Waals surface area contributed by atoms with E-state index in [2.05, 4.69) is 53.6 Å². The average molecular weight is 437 g/mol. The highest BCUT2D eigenvalue weighted by molar-refractivity contribution is 7.80. The van der Waals surface area contributed by atoms with E-state index in [9.17, 15) is 4.79 Å². The van der Waals surface area contributed by atoms with Crippen molar-refractivity contribution in [3.05, 3.63) is 54.1 Å².